The number of aromatic nitrogens is 1. The van der Waals surface area contributed by atoms with Gasteiger partial charge in [-0.1, -0.05) is 30.3 Å². The number of hydrogen-bond acceptors (Lipinski definition) is 4. The maximum absolute atomic E-state index is 12.1. The SMILES string of the molecule is COCC(=O)N(CCc1ccccc1)Cc1nccs1. The number of methoxy groups -OCH3 is 1. The summed E-state index contributed by atoms with van der Waals surface area (Å²) in [6.45, 7) is 1.33. The van der Waals surface area contributed by atoms with E-state index in [1.165, 1.54) is 12.7 Å². The number of carbonyl (C=O) groups is 1. The predicted molar refractivity (Wildman–Crippen MR) is 79.6 cm³/mol. The van der Waals surface area contributed by atoms with Crippen LogP contribution >= 0.6 is 11.3 Å². The van der Waals surface area contributed by atoms with Crippen LogP contribution in [0.5, 0.6) is 0 Å². The maximum Gasteiger partial charge on any atom is 0.248 e. The van der Waals surface area contributed by atoms with Crippen LogP contribution in [0.1, 0.15) is 10.6 Å². The topological polar surface area (TPSA) is 42.4 Å². The van der Waals surface area contributed by atoms with Crippen LogP contribution in [0, 0.1) is 0 Å². The normalized spacial score (nSPS) is 10.4. The summed E-state index contributed by atoms with van der Waals surface area (Å²) in [6, 6.07) is 10.2. The lowest BCUT2D eigenvalue weighted by molar-refractivity contribution is -0.135. The standard InChI is InChI=1S/C15H18N2O2S/c1-19-12-15(18)17(11-14-16-8-10-20-14)9-7-13-5-3-2-4-6-13/h2-6,8,10H,7,9,11-12H2,1H3. The van der Waals surface area contributed by atoms with Gasteiger partial charge in [0, 0.05) is 25.2 Å². The second kappa shape index (κ2) is 7.77. The fraction of sp³-hybridized carbons (Fsp3) is 0.333. The summed E-state index contributed by atoms with van der Waals surface area (Å²) in [5.41, 5.74) is 1.22. The number of benzene rings is 1. The first-order chi connectivity index (χ1) is 9.79. The fourth-order valence-corrected chi connectivity index (χ4v) is 2.54. The van der Waals surface area contributed by atoms with E-state index in [2.05, 4.69) is 17.1 Å². The highest BCUT2D eigenvalue weighted by Gasteiger charge is 2.14. The van der Waals surface area contributed by atoms with E-state index in [0.717, 1.165) is 11.4 Å². The van der Waals surface area contributed by atoms with Crippen molar-refractivity contribution in [2.24, 2.45) is 0 Å². The van der Waals surface area contributed by atoms with Crippen molar-refractivity contribution in [2.45, 2.75) is 13.0 Å². The molecule has 2 aromatic rings. The fourth-order valence-electron chi connectivity index (χ4n) is 1.91. The summed E-state index contributed by atoms with van der Waals surface area (Å²) in [6.07, 6.45) is 2.60. The van der Waals surface area contributed by atoms with Crippen LogP contribution in [-0.2, 0) is 22.5 Å². The van der Waals surface area contributed by atoms with E-state index in [4.69, 9.17) is 4.74 Å². The van der Waals surface area contributed by atoms with Crippen molar-refractivity contribution in [2.75, 3.05) is 20.3 Å². The van der Waals surface area contributed by atoms with Gasteiger partial charge < -0.3 is 9.64 Å². The van der Waals surface area contributed by atoms with Gasteiger partial charge in [0.15, 0.2) is 0 Å². The Morgan fingerprint density at radius 1 is 1.35 bits per heavy atom. The minimum atomic E-state index is -0.00127. The minimum Gasteiger partial charge on any atom is -0.375 e. The number of hydrogen-bond donors (Lipinski definition) is 0. The lowest BCUT2D eigenvalue weighted by atomic mass is 10.1. The van der Waals surface area contributed by atoms with E-state index in [-0.39, 0.29) is 12.5 Å². The molecule has 5 heteroatoms. The predicted octanol–water partition coefficient (Wildman–Crippen LogP) is 2.36. The number of ether oxygens (including phenoxy) is 1. The summed E-state index contributed by atoms with van der Waals surface area (Å²) in [7, 11) is 1.54. The van der Waals surface area contributed by atoms with Gasteiger partial charge >= 0.3 is 0 Å². The number of carbonyl (C=O) groups excluding carboxylic acids is 1. The van der Waals surface area contributed by atoms with E-state index in [0.29, 0.717) is 13.1 Å². The summed E-state index contributed by atoms with van der Waals surface area (Å²) in [5, 5.41) is 2.87. The summed E-state index contributed by atoms with van der Waals surface area (Å²) < 4.78 is 4.95. The van der Waals surface area contributed by atoms with Gasteiger partial charge in [0.05, 0.1) is 6.54 Å². The van der Waals surface area contributed by atoms with Crippen molar-refractivity contribution in [3.63, 3.8) is 0 Å². The number of thiazole rings is 1. The largest absolute Gasteiger partial charge is 0.375 e. The van der Waals surface area contributed by atoms with Crippen molar-refractivity contribution in [3.8, 4) is 0 Å². The van der Waals surface area contributed by atoms with Crippen molar-refractivity contribution in [1.82, 2.24) is 9.88 Å². The van der Waals surface area contributed by atoms with Gasteiger partial charge in [-0.25, -0.2) is 4.98 Å². The Labute approximate surface area is 123 Å². The molecule has 0 fully saturated rings. The Morgan fingerprint density at radius 3 is 2.80 bits per heavy atom. The van der Waals surface area contributed by atoms with E-state index < -0.39 is 0 Å². The molecule has 0 unspecified atom stereocenters. The molecule has 1 aromatic carbocycles. The van der Waals surface area contributed by atoms with Crippen molar-refractivity contribution in [1.29, 1.82) is 0 Å². The number of rotatable bonds is 7. The first-order valence-corrected chi connectivity index (χ1v) is 7.36. The molecule has 0 aliphatic heterocycles. The van der Waals surface area contributed by atoms with Gasteiger partial charge in [0.1, 0.15) is 11.6 Å². The molecule has 0 bridgehead atoms. The quantitative estimate of drug-likeness (QED) is 0.786. The molecule has 1 amide bonds. The third-order valence-corrected chi connectivity index (χ3v) is 3.71. The van der Waals surface area contributed by atoms with Crippen LogP contribution in [0.15, 0.2) is 41.9 Å². The molecule has 106 valence electrons. The molecule has 0 aliphatic carbocycles. The second-order valence-electron chi connectivity index (χ2n) is 4.41. The molecular weight excluding hydrogens is 272 g/mol. The monoisotopic (exact) mass is 290 g/mol. The molecule has 0 aliphatic rings. The van der Waals surface area contributed by atoms with Crippen LogP contribution in [0.3, 0.4) is 0 Å². The summed E-state index contributed by atoms with van der Waals surface area (Å²) >= 11 is 1.56. The molecular formula is C15H18N2O2S. The first-order valence-electron chi connectivity index (χ1n) is 6.48. The summed E-state index contributed by atoms with van der Waals surface area (Å²) in [5.74, 6) is -0.00127. The van der Waals surface area contributed by atoms with Crippen LogP contribution in [0.25, 0.3) is 0 Å². The third-order valence-electron chi connectivity index (χ3n) is 2.94. The second-order valence-corrected chi connectivity index (χ2v) is 5.39. The molecule has 0 atom stereocenters. The van der Waals surface area contributed by atoms with Crippen molar-refractivity contribution >= 4 is 17.2 Å². The molecule has 20 heavy (non-hydrogen) atoms. The minimum absolute atomic E-state index is 0.00127. The van der Waals surface area contributed by atoms with E-state index in [1.807, 2.05) is 23.6 Å². The average molecular weight is 290 g/mol. The maximum atomic E-state index is 12.1. The van der Waals surface area contributed by atoms with Crippen LogP contribution in [-0.4, -0.2) is 36.1 Å². The molecule has 2 rings (SSSR count). The van der Waals surface area contributed by atoms with Crippen LogP contribution in [0.2, 0.25) is 0 Å². The van der Waals surface area contributed by atoms with E-state index in [1.54, 1.807) is 22.4 Å². The molecule has 1 aromatic heterocycles. The average Bonchev–Trinajstić information content (AvgIpc) is 2.97. The van der Waals surface area contributed by atoms with Gasteiger partial charge in [0.25, 0.3) is 0 Å². The summed E-state index contributed by atoms with van der Waals surface area (Å²) in [4.78, 5) is 18.1. The zero-order valence-corrected chi connectivity index (χ0v) is 12.3. The number of nitrogens with zero attached hydrogens (tertiary/aromatic N) is 2. The first kappa shape index (κ1) is 14.7. The molecule has 0 radical (unpaired) electrons. The van der Waals surface area contributed by atoms with E-state index >= 15 is 0 Å². The van der Waals surface area contributed by atoms with Crippen molar-refractivity contribution < 1.29 is 9.53 Å². The Hall–Kier alpha value is -1.72. The molecule has 0 saturated heterocycles. The smallest absolute Gasteiger partial charge is 0.248 e. The van der Waals surface area contributed by atoms with Gasteiger partial charge in [-0.3, -0.25) is 4.79 Å². The molecule has 0 saturated carbocycles. The van der Waals surface area contributed by atoms with Gasteiger partial charge in [-0.05, 0) is 12.0 Å². The molecule has 1 heterocycles. The lowest BCUT2D eigenvalue weighted by Gasteiger charge is -2.21. The Bertz CT molecular complexity index is 514. The van der Waals surface area contributed by atoms with E-state index in [9.17, 15) is 4.79 Å². The van der Waals surface area contributed by atoms with Gasteiger partial charge in [-0.15, -0.1) is 11.3 Å². The molecule has 0 spiro atoms. The number of amides is 1. The van der Waals surface area contributed by atoms with Crippen LogP contribution < -0.4 is 0 Å². The molecule has 0 N–H and O–H groups in total. The Morgan fingerprint density at radius 2 is 2.15 bits per heavy atom. The highest BCUT2D eigenvalue weighted by Crippen LogP contribution is 2.10. The zero-order chi connectivity index (χ0) is 14.2. The van der Waals surface area contributed by atoms with Crippen LogP contribution in [0.4, 0.5) is 0 Å². The zero-order valence-electron chi connectivity index (χ0n) is 11.5. The highest BCUT2D eigenvalue weighted by molar-refractivity contribution is 7.09. The van der Waals surface area contributed by atoms with Gasteiger partial charge in [-0.2, -0.15) is 0 Å². The molecule has 4 nitrogen and oxygen atoms in total. The van der Waals surface area contributed by atoms with Gasteiger partial charge in [0.2, 0.25) is 5.91 Å². The van der Waals surface area contributed by atoms with Crippen molar-refractivity contribution in [3.05, 3.63) is 52.5 Å². The third kappa shape index (κ3) is 4.43. The Kier molecular flexibility index (Phi) is 5.70. The highest BCUT2D eigenvalue weighted by atomic mass is 32.1. The lowest BCUT2D eigenvalue weighted by Crippen LogP contribution is -2.35. The Balaban J connectivity index is 1.97.